The summed E-state index contributed by atoms with van der Waals surface area (Å²) in [5.41, 5.74) is 3.59. The van der Waals surface area contributed by atoms with Gasteiger partial charge in [-0.2, -0.15) is 0 Å². The van der Waals surface area contributed by atoms with E-state index in [1.54, 1.807) is 14.2 Å². The number of hydrogen-bond donors (Lipinski definition) is 1. The largest absolute Gasteiger partial charge is 0.496 e. The van der Waals surface area contributed by atoms with Crippen molar-refractivity contribution < 1.29 is 14.6 Å². The van der Waals surface area contributed by atoms with Gasteiger partial charge < -0.3 is 14.6 Å². The zero-order valence-corrected chi connectivity index (χ0v) is 9.88. The highest BCUT2D eigenvalue weighted by atomic mass is 16.5. The average Bonchev–Trinajstić information content (AvgIpc) is 2.77. The lowest BCUT2D eigenvalue weighted by atomic mass is 10.0. The number of methoxy groups -OCH3 is 2. The molecule has 0 unspecified atom stereocenters. The van der Waals surface area contributed by atoms with Crippen LogP contribution < -0.4 is 9.47 Å². The Morgan fingerprint density at radius 2 is 1.94 bits per heavy atom. The van der Waals surface area contributed by atoms with E-state index >= 15 is 0 Å². The smallest absolute Gasteiger partial charge is 0.125 e. The molecule has 1 N–H and O–H groups in total. The van der Waals surface area contributed by atoms with E-state index in [0.717, 1.165) is 36.3 Å². The molecule has 0 aliphatic heterocycles. The molecule has 0 spiro atoms. The molecule has 0 bridgehead atoms. The van der Waals surface area contributed by atoms with E-state index in [9.17, 15) is 0 Å². The number of fused-ring (bicyclic) bond motifs is 1. The van der Waals surface area contributed by atoms with Crippen LogP contribution in [0.15, 0.2) is 6.07 Å². The molecule has 0 aromatic heterocycles. The monoisotopic (exact) mass is 222 g/mol. The summed E-state index contributed by atoms with van der Waals surface area (Å²) < 4.78 is 10.9. The topological polar surface area (TPSA) is 38.7 Å². The van der Waals surface area contributed by atoms with E-state index in [2.05, 4.69) is 0 Å². The van der Waals surface area contributed by atoms with Crippen LogP contribution in [0.3, 0.4) is 0 Å². The highest BCUT2D eigenvalue weighted by Gasteiger charge is 2.22. The van der Waals surface area contributed by atoms with Gasteiger partial charge in [-0.15, -0.1) is 0 Å². The molecule has 1 aromatic carbocycles. The average molecular weight is 222 g/mol. The van der Waals surface area contributed by atoms with Crippen LogP contribution in [0.2, 0.25) is 0 Å². The van der Waals surface area contributed by atoms with Crippen molar-refractivity contribution in [2.24, 2.45) is 0 Å². The highest BCUT2D eigenvalue weighted by Crippen LogP contribution is 2.39. The third-order valence-corrected chi connectivity index (χ3v) is 3.19. The fourth-order valence-corrected chi connectivity index (χ4v) is 2.51. The second-order valence-corrected chi connectivity index (χ2v) is 4.06. The van der Waals surface area contributed by atoms with Gasteiger partial charge in [-0.25, -0.2) is 0 Å². The molecule has 0 saturated heterocycles. The maximum atomic E-state index is 9.06. The molecule has 0 fully saturated rings. The molecule has 2 rings (SSSR count). The number of aliphatic hydroxyl groups is 1. The number of benzene rings is 1. The third-order valence-electron chi connectivity index (χ3n) is 3.19. The maximum absolute atomic E-state index is 9.06. The Balaban J connectivity index is 2.53. The van der Waals surface area contributed by atoms with E-state index < -0.39 is 0 Å². The minimum atomic E-state index is 0.137. The number of rotatable bonds is 4. The van der Waals surface area contributed by atoms with Crippen LogP contribution in [0.5, 0.6) is 11.5 Å². The van der Waals surface area contributed by atoms with Gasteiger partial charge in [-0.05, 0) is 31.7 Å². The van der Waals surface area contributed by atoms with E-state index in [1.807, 2.05) is 6.07 Å². The van der Waals surface area contributed by atoms with Crippen molar-refractivity contribution in [3.63, 3.8) is 0 Å². The van der Waals surface area contributed by atoms with Gasteiger partial charge in [0.05, 0.1) is 14.2 Å². The molecule has 3 nitrogen and oxygen atoms in total. The number of ether oxygens (including phenoxy) is 2. The van der Waals surface area contributed by atoms with E-state index in [-0.39, 0.29) is 6.61 Å². The Kier molecular flexibility index (Phi) is 3.34. The second kappa shape index (κ2) is 4.74. The van der Waals surface area contributed by atoms with Crippen LogP contribution in [0.4, 0.5) is 0 Å². The fourth-order valence-electron chi connectivity index (χ4n) is 2.51. The van der Waals surface area contributed by atoms with Crippen LogP contribution in [0, 0.1) is 0 Å². The molecule has 0 atom stereocenters. The first-order valence-corrected chi connectivity index (χ1v) is 5.68. The quantitative estimate of drug-likeness (QED) is 0.843. The van der Waals surface area contributed by atoms with Gasteiger partial charge in [0.15, 0.2) is 0 Å². The van der Waals surface area contributed by atoms with Crippen molar-refractivity contribution in [2.45, 2.75) is 25.7 Å². The van der Waals surface area contributed by atoms with Crippen LogP contribution in [0.25, 0.3) is 0 Å². The zero-order chi connectivity index (χ0) is 11.5. The Morgan fingerprint density at radius 1 is 1.19 bits per heavy atom. The van der Waals surface area contributed by atoms with Gasteiger partial charge in [0, 0.05) is 23.3 Å². The Hall–Kier alpha value is -1.22. The predicted molar refractivity (Wildman–Crippen MR) is 62.4 cm³/mol. The summed E-state index contributed by atoms with van der Waals surface area (Å²) in [5, 5.41) is 9.06. The lowest BCUT2D eigenvalue weighted by Crippen LogP contribution is -2.02. The van der Waals surface area contributed by atoms with Crippen molar-refractivity contribution in [2.75, 3.05) is 20.8 Å². The lowest BCUT2D eigenvalue weighted by Gasteiger charge is -2.16. The summed E-state index contributed by atoms with van der Waals surface area (Å²) in [4.78, 5) is 0. The minimum absolute atomic E-state index is 0.137. The zero-order valence-electron chi connectivity index (χ0n) is 9.88. The first kappa shape index (κ1) is 11.3. The van der Waals surface area contributed by atoms with Gasteiger partial charge in [0.25, 0.3) is 0 Å². The normalized spacial score (nSPS) is 13.7. The van der Waals surface area contributed by atoms with Crippen molar-refractivity contribution in [1.82, 2.24) is 0 Å². The second-order valence-electron chi connectivity index (χ2n) is 4.06. The van der Waals surface area contributed by atoms with Gasteiger partial charge in [0.1, 0.15) is 11.5 Å². The molecular formula is C13H18O3. The summed E-state index contributed by atoms with van der Waals surface area (Å²) >= 11 is 0. The third kappa shape index (κ3) is 1.76. The molecular weight excluding hydrogens is 204 g/mol. The van der Waals surface area contributed by atoms with Gasteiger partial charge in [-0.3, -0.25) is 0 Å². The molecule has 0 saturated carbocycles. The van der Waals surface area contributed by atoms with Gasteiger partial charge >= 0.3 is 0 Å². The molecule has 88 valence electrons. The highest BCUT2D eigenvalue weighted by molar-refractivity contribution is 5.55. The fraction of sp³-hybridized carbons (Fsp3) is 0.538. The van der Waals surface area contributed by atoms with Crippen molar-refractivity contribution in [1.29, 1.82) is 0 Å². The predicted octanol–water partition coefficient (Wildman–Crippen LogP) is 1.73. The lowest BCUT2D eigenvalue weighted by molar-refractivity contribution is 0.296. The van der Waals surface area contributed by atoms with Crippen LogP contribution in [0.1, 0.15) is 23.1 Å². The number of aliphatic hydroxyl groups excluding tert-OH is 1. The SMILES string of the molecule is COc1cc(CCO)c(OC)c2c1CCC2. The Labute approximate surface area is 96.0 Å². The van der Waals surface area contributed by atoms with Crippen LogP contribution >= 0.6 is 0 Å². The molecule has 0 heterocycles. The maximum Gasteiger partial charge on any atom is 0.125 e. The molecule has 3 heteroatoms. The first-order chi connectivity index (χ1) is 7.81. The summed E-state index contributed by atoms with van der Waals surface area (Å²) in [7, 11) is 3.39. The summed E-state index contributed by atoms with van der Waals surface area (Å²) in [5.74, 6) is 1.89. The van der Waals surface area contributed by atoms with Gasteiger partial charge in [0.2, 0.25) is 0 Å². The van der Waals surface area contributed by atoms with Crippen LogP contribution in [-0.2, 0) is 19.3 Å². The van der Waals surface area contributed by atoms with Crippen LogP contribution in [-0.4, -0.2) is 25.9 Å². The first-order valence-electron chi connectivity index (χ1n) is 5.68. The van der Waals surface area contributed by atoms with E-state index in [0.29, 0.717) is 6.42 Å². The molecule has 16 heavy (non-hydrogen) atoms. The van der Waals surface area contributed by atoms with Crippen molar-refractivity contribution >= 4 is 0 Å². The summed E-state index contributed by atoms with van der Waals surface area (Å²) in [6.45, 7) is 0.137. The Bertz CT molecular complexity index is 385. The summed E-state index contributed by atoms with van der Waals surface area (Å²) in [6.07, 6.45) is 3.89. The van der Waals surface area contributed by atoms with E-state index in [1.165, 1.54) is 11.1 Å². The molecule has 1 aromatic rings. The molecule has 0 radical (unpaired) electrons. The minimum Gasteiger partial charge on any atom is -0.496 e. The van der Waals surface area contributed by atoms with Crippen molar-refractivity contribution in [3.8, 4) is 11.5 Å². The Morgan fingerprint density at radius 3 is 2.56 bits per heavy atom. The molecule has 1 aliphatic rings. The van der Waals surface area contributed by atoms with Gasteiger partial charge in [-0.1, -0.05) is 0 Å². The van der Waals surface area contributed by atoms with E-state index in [4.69, 9.17) is 14.6 Å². The molecule has 1 aliphatic carbocycles. The van der Waals surface area contributed by atoms with Crippen molar-refractivity contribution in [3.05, 3.63) is 22.8 Å². The molecule has 0 amide bonds. The standard InChI is InChI=1S/C13H18O3/c1-15-12-8-9(6-7-14)13(16-2)11-5-3-4-10(11)12/h8,14H,3-7H2,1-2H3. The number of hydrogen-bond acceptors (Lipinski definition) is 3. The summed E-state index contributed by atoms with van der Waals surface area (Å²) in [6, 6.07) is 2.00.